The molecule has 0 heterocycles. The topological polar surface area (TPSA) is 38.3 Å². The Morgan fingerprint density at radius 3 is 2.24 bits per heavy atom. The average Bonchev–Trinajstić information content (AvgIpc) is 2.54. The van der Waals surface area contributed by atoms with Crippen molar-refractivity contribution in [3.05, 3.63) is 78.4 Å². The molecule has 1 N–H and O–H groups in total. The summed E-state index contributed by atoms with van der Waals surface area (Å²) in [6.07, 6.45) is 0. The van der Waals surface area contributed by atoms with Crippen LogP contribution in [-0.4, -0.2) is 12.6 Å². The van der Waals surface area contributed by atoms with Gasteiger partial charge in [-0.25, -0.2) is 4.79 Å². The lowest BCUT2D eigenvalue weighted by Gasteiger charge is -2.21. The van der Waals surface area contributed by atoms with Crippen molar-refractivity contribution in [1.82, 2.24) is 0 Å². The summed E-state index contributed by atoms with van der Waals surface area (Å²) in [7, 11) is 0. The van der Waals surface area contributed by atoms with Crippen LogP contribution in [0.2, 0.25) is 0 Å². The number of rotatable bonds is 6. The zero-order valence-corrected chi connectivity index (χ0v) is 12.1. The largest absolute Gasteiger partial charge is 0.463 e. The van der Waals surface area contributed by atoms with Gasteiger partial charge in [0.25, 0.3) is 0 Å². The predicted molar refractivity (Wildman–Crippen MR) is 85.0 cm³/mol. The van der Waals surface area contributed by atoms with E-state index in [0.29, 0.717) is 12.2 Å². The molecule has 2 rings (SSSR count). The average molecular weight is 281 g/mol. The van der Waals surface area contributed by atoms with Crippen LogP contribution >= 0.6 is 0 Å². The predicted octanol–water partition coefficient (Wildman–Crippen LogP) is 3.96. The molecule has 108 valence electrons. The molecule has 3 heteroatoms. The molecule has 21 heavy (non-hydrogen) atoms. The van der Waals surface area contributed by atoms with Crippen molar-refractivity contribution in [2.45, 2.75) is 13.0 Å². The smallest absolute Gasteiger partial charge is 0.335 e. The van der Waals surface area contributed by atoms with E-state index in [1.807, 2.05) is 60.7 Å². The molecule has 3 nitrogen and oxygen atoms in total. The monoisotopic (exact) mass is 281 g/mol. The molecule has 0 aromatic heterocycles. The lowest BCUT2D eigenvalue weighted by Crippen LogP contribution is -2.20. The van der Waals surface area contributed by atoms with Crippen LogP contribution in [0, 0.1) is 0 Å². The quantitative estimate of drug-likeness (QED) is 0.643. The molecule has 0 spiro atoms. The van der Waals surface area contributed by atoms with Crippen LogP contribution in [0.15, 0.2) is 72.8 Å². The van der Waals surface area contributed by atoms with E-state index < -0.39 is 0 Å². The van der Waals surface area contributed by atoms with Gasteiger partial charge in [-0.15, -0.1) is 0 Å². The van der Waals surface area contributed by atoms with Crippen LogP contribution in [0.25, 0.3) is 0 Å². The standard InChI is InChI=1S/C18H19NO2/c1-3-21-18(20)14(2)17(15-10-6-4-7-11-15)19-16-12-8-5-9-13-16/h4-13,17,19H,2-3H2,1H3/t17-/m1/s1. The summed E-state index contributed by atoms with van der Waals surface area (Å²) in [6.45, 7) is 6.03. The second kappa shape index (κ2) is 7.29. The molecule has 0 aliphatic heterocycles. The van der Waals surface area contributed by atoms with Gasteiger partial charge in [-0.05, 0) is 24.6 Å². The molecule has 0 bridgehead atoms. The highest BCUT2D eigenvalue weighted by molar-refractivity contribution is 5.90. The van der Waals surface area contributed by atoms with E-state index >= 15 is 0 Å². The Bertz CT molecular complexity index is 593. The number of benzene rings is 2. The number of carbonyl (C=O) groups excluding carboxylic acids is 1. The van der Waals surface area contributed by atoms with Crippen molar-refractivity contribution in [1.29, 1.82) is 0 Å². The molecule has 0 saturated carbocycles. The Labute approximate surface area is 125 Å². The maximum atomic E-state index is 12.0. The molecule has 0 aliphatic rings. The van der Waals surface area contributed by atoms with Gasteiger partial charge >= 0.3 is 5.97 Å². The second-order valence-electron chi connectivity index (χ2n) is 4.60. The van der Waals surface area contributed by atoms with Crippen molar-refractivity contribution in [2.75, 3.05) is 11.9 Å². The molecule has 0 amide bonds. The van der Waals surface area contributed by atoms with Gasteiger partial charge in [0.2, 0.25) is 0 Å². The van der Waals surface area contributed by atoms with Crippen molar-refractivity contribution in [3.63, 3.8) is 0 Å². The lowest BCUT2D eigenvalue weighted by atomic mass is 9.99. The van der Waals surface area contributed by atoms with Crippen molar-refractivity contribution < 1.29 is 9.53 Å². The molecule has 0 fully saturated rings. The maximum Gasteiger partial charge on any atom is 0.335 e. The fourth-order valence-corrected chi connectivity index (χ4v) is 2.06. The normalized spacial score (nSPS) is 11.5. The van der Waals surface area contributed by atoms with Gasteiger partial charge in [0.1, 0.15) is 0 Å². The number of para-hydroxylation sites is 1. The summed E-state index contributed by atoms with van der Waals surface area (Å²) in [6, 6.07) is 19.2. The third-order valence-electron chi connectivity index (χ3n) is 3.10. The summed E-state index contributed by atoms with van der Waals surface area (Å²) in [5.41, 5.74) is 2.29. The summed E-state index contributed by atoms with van der Waals surface area (Å²) in [4.78, 5) is 12.0. The Balaban J connectivity index is 2.27. The van der Waals surface area contributed by atoms with Gasteiger partial charge < -0.3 is 10.1 Å². The van der Waals surface area contributed by atoms with E-state index in [1.165, 1.54) is 0 Å². The molecular weight excluding hydrogens is 262 g/mol. The Morgan fingerprint density at radius 1 is 1.10 bits per heavy atom. The van der Waals surface area contributed by atoms with Gasteiger partial charge in [-0.3, -0.25) is 0 Å². The van der Waals surface area contributed by atoms with Gasteiger partial charge in [-0.2, -0.15) is 0 Å². The summed E-state index contributed by atoms with van der Waals surface area (Å²) >= 11 is 0. The minimum Gasteiger partial charge on any atom is -0.463 e. The number of ether oxygens (including phenoxy) is 1. The third kappa shape index (κ3) is 3.96. The Kier molecular flexibility index (Phi) is 5.16. The molecule has 0 aliphatic carbocycles. The van der Waals surface area contributed by atoms with Crippen LogP contribution in [0.5, 0.6) is 0 Å². The Morgan fingerprint density at radius 2 is 1.67 bits per heavy atom. The zero-order valence-electron chi connectivity index (χ0n) is 12.1. The van der Waals surface area contributed by atoms with Crippen LogP contribution in [0.3, 0.4) is 0 Å². The van der Waals surface area contributed by atoms with Crippen LogP contribution in [0.1, 0.15) is 18.5 Å². The summed E-state index contributed by atoms with van der Waals surface area (Å²) in [5, 5.41) is 3.33. The highest BCUT2D eigenvalue weighted by Crippen LogP contribution is 2.26. The Hall–Kier alpha value is -2.55. The first kappa shape index (κ1) is 14.9. The molecular formula is C18H19NO2. The minimum absolute atomic E-state index is 0.312. The van der Waals surface area contributed by atoms with Crippen molar-refractivity contribution >= 4 is 11.7 Å². The highest BCUT2D eigenvalue weighted by Gasteiger charge is 2.21. The molecule has 2 aromatic carbocycles. The van der Waals surface area contributed by atoms with E-state index in [4.69, 9.17) is 4.74 Å². The number of hydrogen-bond donors (Lipinski definition) is 1. The lowest BCUT2D eigenvalue weighted by molar-refractivity contribution is -0.138. The number of carbonyl (C=O) groups is 1. The molecule has 2 aromatic rings. The molecule has 0 saturated heterocycles. The second-order valence-corrected chi connectivity index (χ2v) is 4.60. The highest BCUT2D eigenvalue weighted by atomic mass is 16.5. The van der Waals surface area contributed by atoms with Gasteiger partial charge in [0.05, 0.1) is 18.2 Å². The van der Waals surface area contributed by atoms with E-state index in [1.54, 1.807) is 6.92 Å². The molecule has 1 atom stereocenters. The first-order valence-corrected chi connectivity index (χ1v) is 6.94. The first-order valence-electron chi connectivity index (χ1n) is 6.94. The first-order chi connectivity index (χ1) is 10.2. The van der Waals surface area contributed by atoms with Crippen LogP contribution in [-0.2, 0) is 9.53 Å². The minimum atomic E-state index is -0.380. The summed E-state index contributed by atoms with van der Waals surface area (Å²) in [5.74, 6) is -0.380. The van der Waals surface area contributed by atoms with E-state index in [9.17, 15) is 4.79 Å². The number of anilines is 1. The van der Waals surface area contributed by atoms with Gasteiger partial charge in [-0.1, -0.05) is 55.1 Å². The van der Waals surface area contributed by atoms with E-state index in [-0.39, 0.29) is 12.0 Å². The molecule has 0 radical (unpaired) electrons. The van der Waals surface area contributed by atoms with Crippen LogP contribution in [0.4, 0.5) is 5.69 Å². The number of esters is 1. The fourth-order valence-electron chi connectivity index (χ4n) is 2.06. The van der Waals surface area contributed by atoms with Crippen molar-refractivity contribution in [2.24, 2.45) is 0 Å². The van der Waals surface area contributed by atoms with E-state index in [2.05, 4.69) is 11.9 Å². The van der Waals surface area contributed by atoms with E-state index in [0.717, 1.165) is 11.3 Å². The SMILES string of the molecule is C=C(C(=O)OCC)[C@@H](Nc1ccccc1)c1ccccc1. The molecule has 0 unspecified atom stereocenters. The third-order valence-corrected chi connectivity index (χ3v) is 3.10. The van der Waals surface area contributed by atoms with Crippen LogP contribution < -0.4 is 5.32 Å². The fraction of sp³-hybridized carbons (Fsp3) is 0.167. The van der Waals surface area contributed by atoms with Gasteiger partial charge in [0, 0.05) is 5.69 Å². The van der Waals surface area contributed by atoms with Gasteiger partial charge in [0.15, 0.2) is 0 Å². The summed E-state index contributed by atoms with van der Waals surface area (Å²) < 4.78 is 5.07. The number of hydrogen-bond acceptors (Lipinski definition) is 3. The maximum absolute atomic E-state index is 12.0. The number of nitrogens with one attached hydrogen (secondary N) is 1. The zero-order chi connectivity index (χ0) is 15.1. The van der Waals surface area contributed by atoms with Crippen molar-refractivity contribution in [3.8, 4) is 0 Å².